The fourth-order valence-electron chi connectivity index (χ4n) is 3.81. The Kier molecular flexibility index (Phi) is 6.36. The number of aliphatic carboxylic acids is 1. The third-order valence-electron chi connectivity index (χ3n) is 5.36. The number of rotatable bonds is 7. The van der Waals surface area contributed by atoms with Crippen molar-refractivity contribution in [2.75, 3.05) is 20.7 Å². The molecule has 7 nitrogen and oxygen atoms in total. The number of carbonyl (C=O) groups is 3. The molecule has 1 aromatic rings. The van der Waals surface area contributed by atoms with Crippen molar-refractivity contribution in [3.05, 3.63) is 53.1 Å². The van der Waals surface area contributed by atoms with Crippen molar-refractivity contribution in [2.45, 2.75) is 37.6 Å². The first-order chi connectivity index (χ1) is 13.9. The van der Waals surface area contributed by atoms with Crippen LogP contribution in [-0.2, 0) is 14.3 Å². The number of carboxylic acids is 1. The van der Waals surface area contributed by atoms with Crippen molar-refractivity contribution in [2.24, 2.45) is 0 Å². The standard InChI is InChI=1S/C22H26N2O5/c1-24(2)20(25)12-11-19(21(26)27)23-22(28)29-13-18-16-9-5-3-7-14(16)15-8-4-6-10-17(15)18/h3,5-7,9-10,18-19H,4,8,11-13H2,1-2H3,(H,23,28)(H,26,27)/t18?,19-/m0/s1. The lowest BCUT2D eigenvalue weighted by Gasteiger charge is -2.19. The summed E-state index contributed by atoms with van der Waals surface area (Å²) in [6, 6.07) is 6.93. The minimum Gasteiger partial charge on any atom is -0.480 e. The van der Waals surface area contributed by atoms with Crippen LogP contribution in [0.5, 0.6) is 0 Å². The predicted octanol–water partition coefficient (Wildman–Crippen LogP) is 2.94. The van der Waals surface area contributed by atoms with Crippen molar-refractivity contribution in [3.63, 3.8) is 0 Å². The summed E-state index contributed by atoms with van der Waals surface area (Å²) in [4.78, 5) is 36.7. The third kappa shape index (κ3) is 4.67. The van der Waals surface area contributed by atoms with Crippen LogP contribution in [0.4, 0.5) is 4.79 Å². The Bertz CT molecular complexity index is 872. The van der Waals surface area contributed by atoms with Gasteiger partial charge in [-0.25, -0.2) is 9.59 Å². The number of hydrogen-bond acceptors (Lipinski definition) is 4. The van der Waals surface area contributed by atoms with E-state index in [1.54, 1.807) is 14.1 Å². The van der Waals surface area contributed by atoms with Gasteiger partial charge in [-0.3, -0.25) is 4.79 Å². The van der Waals surface area contributed by atoms with Gasteiger partial charge in [0.1, 0.15) is 12.6 Å². The largest absolute Gasteiger partial charge is 0.480 e. The van der Waals surface area contributed by atoms with Gasteiger partial charge in [-0.15, -0.1) is 0 Å². The van der Waals surface area contributed by atoms with Crippen LogP contribution < -0.4 is 5.32 Å². The number of ether oxygens (including phenoxy) is 1. The number of hydrogen-bond donors (Lipinski definition) is 2. The van der Waals surface area contributed by atoms with E-state index in [4.69, 9.17) is 4.74 Å². The molecule has 0 saturated carbocycles. The molecule has 7 heteroatoms. The van der Waals surface area contributed by atoms with Gasteiger partial charge in [-0.2, -0.15) is 0 Å². The average Bonchev–Trinajstić information content (AvgIpc) is 3.03. The Morgan fingerprint density at radius 3 is 2.76 bits per heavy atom. The molecule has 2 atom stereocenters. The molecule has 0 radical (unpaired) electrons. The van der Waals surface area contributed by atoms with Crippen LogP contribution in [0.2, 0.25) is 0 Å². The lowest BCUT2D eigenvalue weighted by Crippen LogP contribution is -2.42. The Labute approximate surface area is 170 Å². The summed E-state index contributed by atoms with van der Waals surface area (Å²) >= 11 is 0. The van der Waals surface area contributed by atoms with E-state index in [1.165, 1.54) is 16.0 Å². The predicted molar refractivity (Wildman–Crippen MR) is 108 cm³/mol. The fraction of sp³-hybridized carbons (Fsp3) is 0.409. The fourth-order valence-corrected chi connectivity index (χ4v) is 3.81. The van der Waals surface area contributed by atoms with E-state index < -0.39 is 18.1 Å². The second-order valence-electron chi connectivity index (χ2n) is 7.48. The number of benzene rings is 1. The molecule has 2 aliphatic rings. The summed E-state index contributed by atoms with van der Waals surface area (Å²) in [5, 5.41) is 11.7. The van der Waals surface area contributed by atoms with Gasteiger partial charge in [-0.1, -0.05) is 36.4 Å². The molecule has 2 aliphatic carbocycles. The SMILES string of the molecule is CN(C)C(=O)CC[C@H](NC(=O)OCC1C2=C(CCC=C2)c2ccccc21)C(=O)O. The van der Waals surface area contributed by atoms with Gasteiger partial charge in [0.15, 0.2) is 0 Å². The van der Waals surface area contributed by atoms with Crippen LogP contribution in [0, 0.1) is 0 Å². The van der Waals surface area contributed by atoms with Crippen molar-refractivity contribution in [3.8, 4) is 0 Å². The molecule has 0 fully saturated rings. The quantitative estimate of drug-likeness (QED) is 0.736. The molecule has 2 amide bonds. The van der Waals surface area contributed by atoms with Crippen LogP contribution in [0.15, 0.2) is 42.0 Å². The zero-order valence-electron chi connectivity index (χ0n) is 16.7. The number of fused-ring (bicyclic) bond motifs is 2. The van der Waals surface area contributed by atoms with E-state index >= 15 is 0 Å². The molecule has 0 heterocycles. The van der Waals surface area contributed by atoms with Crippen molar-refractivity contribution < 1.29 is 24.2 Å². The summed E-state index contributed by atoms with van der Waals surface area (Å²) < 4.78 is 5.39. The maximum atomic E-state index is 12.2. The van der Waals surface area contributed by atoms with Gasteiger partial charge in [0, 0.05) is 26.4 Å². The zero-order valence-corrected chi connectivity index (χ0v) is 16.7. The molecule has 1 aromatic carbocycles. The van der Waals surface area contributed by atoms with E-state index in [0.29, 0.717) is 0 Å². The van der Waals surface area contributed by atoms with E-state index in [0.717, 1.165) is 24.0 Å². The zero-order chi connectivity index (χ0) is 21.0. The Balaban J connectivity index is 1.61. The minimum atomic E-state index is -1.19. The molecular weight excluding hydrogens is 372 g/mol. The highest BCUT2D eigenvalue weighted by molar-refractivity contribution is 5.83. The van der Waals surface area contributed by atoms with Gasteiger partial charge < -0.3 is 20.1 Å². The summed E-state index contributed by atoms with van der Waals surface area (Å²) in [6.07, 6.45) is 5.42. The van der Waals surface area contributed by atoms with Crippen LogP contribution in [0.1, 0.15) is 42.7 Å². The molecule has 0 aliphatic heterocycles. The first-order valence-electron chi connectivity index (χ1n) is 9.73. The monoisotopic (exact) mass is 398 g/mol. The van der Waals surface area contributed by atoms with E-state index in [9.17, 15) is 19.5 Å². The number of carbonyl (C=O) groups excluding carboxylic acids is 2. The molecule has 2 N–H and O–H groups in total. The van der Waals surface area contributed by atoms with Crippen molar-refractivity contribution in [1.82, 2.24) is 10.2 Å². The second-order valence-corrected chi connectivity index (χ2v) is 7.48. The van der Waals surface area contributed by atoms with Crippen molar-refractivity contribution in [1.29, 1.82) is 0 Å². The maximum absolute atomic E-state index is 12.2. The highest BCUT2D eigenvalue weighted by Crippen LogP contribution is 2.46. The first-order valence-corrected chi connectivity index (χ1v) is 9.73. The van der Waals surface area contributed by atoms with Gasteiger partial charge in [0.2, 0.25) is 5.91 Å². The van der Waals surface area contributed by atoms with Crippen LogP contribution >= 0.6 is 0 Å². The molecular formula is C22H26N2O5. The van der Waals surface area contributed by atoms with E-state index in [-0.39, 0.29) is 31.3 Å². The lowest BCUT2D eigenvalue weighted by atomic mass is 9.93. The summed E-state index contributed by atoms with van der Waals surface area (Å²) in [7, 11) is 3.20. The number of nitrogens with one attached hydrogen (secondary N) is 1. The average molecular weight is 398 g/mol. The molecule has 0 bridgehead atoms. The van der Waals surface area contributed by atoms with Crippen LogP contribution in [-0.4, -0.2) is 54.7 Å². The number of nitrogens with zero attached hydrogens (tertiary/aromatic N) is 1. The highest BCUT2D eigenvalue weighted by atomic mass is 16.5. The minimum absolute atomic E-state index is 0.00570. The van der Waals surface area contributed by atoms with Crippen LogP contribution in [0.25, 0.3) is 5.57 Å². The molecule has 0 aromatic heterocycles. The number of amides is 2. The summed E-state index contributed by atoms with van der Waals surface area (Å²) in [5.74, 6) is -1.44. The number of allylic oxidation sites excluding steroid dienone is 3. The molecule has 1 unspecified atom stereocenters. The Morgan fingerprint density at radius 1 is 1.28 bits per heavy atom. The normalized spacial score (nSPS) is 17.9. The smallest absolute Gasteiger partial charge is 0.407 e. The maximum Gasteiger partial charge on any atom is 0.407 e. The van der Waals surface area contributed by atoms with Gasteiger partial charge in [-0.05, 0) is 41.5 Å². The highest BCUT2D eigenvalue weighted by Gasteiger charge is 2.31. The number of carboxylic acid groups (broad SMARTS) is 1. The van der Waals surface area contributed by atoms with Crippen molar-refractivity contribution >= 4 is 23.5 Å². The van der Waals surface area contributed by atoms with E-state index in [1.807, 2.05) is 18.2 Å². The lowest BCUT2D eigenvalue weighted by molar-refractivity contribution is -0.139. The van der Waals surface area contributed by atoms with E-state index in [2.05, 4.69) is 23.5 Å². The molecule has 154 valence electrons. The summed E-state index contributed by atoms with van der Waals surface area (Å²) in [5.41, 5.74) is 4.79. The number of alkyl carbamates (subject to hydrolysis) is 1. The van der Waals surface area contributed by atoms with Gasteiger partial charge >= 0.3 is 12.1 Å². The third-order valence-corrected chi connectivity index (χ3v) is 5.36. The molecule has 0 saturated heterocycles. The van der Waals surface area contributed by atoms with Gasteiger partial charge in [0.05, 0.1) is 0 Å². The summed E-state index contributed by atoms with van der Waals surface area (Å²) in [6.45, 7) is 0.134. The van der Waals surface area contributed by atoms with Crippen LogP contribution in [0.3, 0.4) is 0 Å². The van der Waals surface area contributed by atoms with Gasteiger partial charge in [0.25, 0.3) is 0 Å². The Hall–Kier alpha value is -3.09. The molecule has 0 spiro atoms. The first kappa shape index (κ1) is 20.6. The second kappa shape index (κ2) is 8.94. The topological polar surface area (TPSA) is 95.9 Å². The molecule has 29 heavy (non-hydrogen) atoms. The molecule has 3 rings (SSSR count). The Morgan fingerprint density at radius 2 is 2.03 bits per heavy atom.